The number of phenols is 1. The highest BCUT2D eigenvalue weighted by atomic mass is 16.6. The molecule has 1 N–H and O–H groups in total. The number of nitrogens with zero attached hydrogens (tertiary/aromatic N) is 1. The van der Waals surface area contributed by atoms with E-state index in [1.54, 1.807) is 25.2 Å². The fourth-order valence-corrected chi connectivity index (χ4v) is 1.50. The molecule has 4 nitrogen and oxygen atoms in total. The van der Waals surface area contributed by atoms with E-state index in [0.717, 1.165) is 5.56 Å². The van der Waals surface area contributed by atoms with Gasteiger partial charge in [0.05, 0.1) is 6.04 Å². The van der Waals surface area contributed by atoms with Crippen molar-refractivity contribution in [2.45, 2.75) is 39.3 Å². The number of carbonyl (C=O) groups excluding carboxylic acids is 1. The van der Waals surface area contributed by atoms with E-state index in [9.17, 15) is 9.90 Å². The van der Waals surface area contributed by atoms with E-state index in [2.05, 4.69) is 0 Å². The van der Waals surface area contributed by atoms with Crippen LogP contribution in [0.25, 0.3) is 0 Å². The van der Waals surface area contributed by atoms with Crippen LogP contribution in [0.2, 0.25) is 0 Å². The van der Waals surface area contributed by atoms with E-state index in [-0.39, 0.29) is 17.9 Å². The summed E-state index contributed by atoms with van der Waals surface area (Å²) in [6, 6.07) is 6.71. The molecule has 0 aliphatic rings. The van der Waals surface area contributed by atoms with Crippen LogP contribution >= 0.6 is 0 Å². The van der Waals surface area contributed by atoms with Gasteiger partial charge in [0.15, 0.2) is 0 Å². The molecule has 0 aliphatic heterocycles. The highest BCUT2D eigenvalue weighted by Crippen LogP contribution is 2.23. The zero-order chi connectivity index (χ0) is 13.9. The van der Waals surface area contributed by atoms with Crippen molar-refractivity contribution in [3.05, 3.63) is 29.8 Å². The van der Waals surface area contributed by atoms with Gasteiger partial charge in [0.25, 0.3) is 0 Å². The van der Waals surface area contributed by atoms with Crippen molar-refractivity contribution in [3.8, 4) is 5.75 Å². The predicted octanol–water partition coefficient (Wildman–Crippen LogP) is 3.32. The summed E-state index contributed by atoms with van der Waals surface area (Å²) < 4.78 is 5.30. The Morgan fingerprint density at radius 3 is 2.50 bits per heavy atom. The monoisotopic (exact) mass is 251 g/mol. The van der Waals surface area contributed by atoms with Gasteiger partial charge in [0, 0.05) is 7.05 Å². The van der Waals surface area contributed by atoms with Crippen LogP contribution in [0.3, 0.4) is 0 Å². The molecule has 1 unspecified atom stereocenters. The van der Waals surface area contributed by atoms with Crippen molar-refractivity contribution in [1.29, 1.82) is 0 Å². The van der Waals surface area contributed by atoms with Gasteiger partial charge in [-0.1, -0.05) is 12.1 Å². The highest BCUT2D eigenvalue weighted by molar-refractivity contribution is 5.68. The first kappa shape index (κ1) is 14.4. The Morgan fingerprint density at radius 1 is 1.39 bits per heavy atom. The molecule has 4 heteroatoms. The minimum absolute atomic E-state index is 0.160. The van der Waals surface area contributed by atoms with Gasteiger partial charge >= 0.3 is 6.09 Å². The molecule has 1 amide bonds. The second-order valence-corrected chi connectivity index (χ2v) is 5.36. The molecule has 0 aliphatic carbocycles. The largest absolute Gasteiger partial charge is 0.508 e. The number of benzene rings is 1. The maximum Gasteiger partial charge on any atom is 0.410 e. The summed E-state index contributed by atoms with van der Waals surface area (Å²) in [6.45, 7) is 7.38. The van der Waals surface area contributed by atoms with Gasteiger partial charge in [-0.05, 0) is 45.4 Å². The van der Waals surface area contributed by atoms with E-state index in [1.807, 2.05) is 33.8 Å². The summed E-state index contributed by atoms with van der Waals surface area (Å²) in [5, 5.41) is 9.43. The van der Waals surface area contributed by atoms with Crippen molar-refractivity contribution in [2.75, 3.05) is 7.05 Å². The maximum atomic E-state index is 11.9. The standard InChI is InChI=1S/C14H21NO3/c1-10(11-7-6-8-12(16)9-11)15(5)13(17)18-14(2,3)4/h6-10,16H,1-5H3. The molecule has 0 heterocycles. The van der Waals surface area contributed by atoms with Crippen molar-refractivity contribution < 1.29 is 14.6 Å². The quantitative estimate of drug-likeness (QED) is 0.877. The summed E-state index contributed by atoms with van der Waals surface area (Å²) in [7, 11) is 1.68. The lowest BCUT2D eigenvalue weighted by molar-refractivity contribution is 0.0233. The van der Waals surface area contributed by atoms with E-state index >= 15 is 0 Å². The first-order valence-electron chi connectivity index (χ1n) is 5.95. The number of rotatable bonds is 2. The molecule has 1 atom stereocenters. The van der Waals surface area contributed by atoms with Crippen molar-refractivity contribution in [1.82, 2.24) is 4.90 Å². The Balaban J connectivity index is 2.78. The molecule has 0 fully saturated rings. The van der Waals surface area contributed by atoms with Crippen LogP contribution < -0.4 is 0 Å². The molecule has 1 aromatic carbocycles. The minimum Gasteiger partial charge on any atom is -0.508 e. The molecule has 0 bridgehead atoms. The number of hydrogen-bond donors (Lipinski definition) is 1. The third-order valence-corrected chi connectivity index (χ3v) is 2.62. The fourth-order valence-electron chi connectivity index (χ4n) is 1.50. The predicted molar refractivity (Wildman–Crippen MR) is 70.5 cm³/mol. The third-order valence-electron chi connectivity index (χ3n) is 2.62. The van der Waals surface area contributed by atoms with Crippen LogP contribution in [-0.4, -0.2) is 28.7 Å². The molecule has 0 spiro atoms. The zero-order valence-electron chi connectivity index (χ0n) is 11.6. The van der Waals surface area contributed by atoms with Gasteiger partial charge in [-0.15, -0.1) is 0 Å². The van der Waals surface area contributed by atoms with E-state index in [1.165, 1.54) is 4.90 Å². The van der Waals surface area contributed by atoms with E-state index < -0.39 is 5.60 Å². The van der Waals surface area contributed by atoms with E-state index in [4.69, 9.17) is 4.74 Å². The normalized spacial score (nSPS) is 12.9. The van der Waals surface area contributed by atoms with Gasteiger partial charge in [-0.3, -0.25) is 0 Å². The summed E-state index contributed by atoms with van der Waals surface area (Å²) >= 11 is 0. The Kier molecular flexibility index (Phi) is 4.22. The lowest BCUT2D eigenvalue weighted by Crippen LogP contribution is -2.35. The van der Waals surface area contributed by atoms with Gasteiger partial charge < -0.3 is 14.7 Å². The first-order chi connectivity index (χ1) is 8.20. The number of carbonyl (C=O) groups is 1. The maximum absolute atomic E-state index is 11.9. The Morgan fingerprint density at radius 2 is 2.00 bits per heavy atom. The van der Waals surface area contributed by atoms with Gasteiger partial charge in [-0.25, -0.2) is 4.79 Å². The number of amides is 1. The van der Waals surface area contributed by atoms with Crippen LogP contribution in [-0.2, 0) is 4.74 Å². The average Bonchev–Trinajstić information content (AvgIpc) is 2.24. The first-order valence-corrected chi connectivity index (χ1v) is 5.95. The number of phenolic OH excluding ortho intramolecular Hbond substituents is 1. The molecule has 100 valence electrons. The Labute approximate surface area is 108 Å². The average molecular weight is 251 g/mol. The number of ether oxygens (including phenoxy) is 1. The van der Waals surface area contributed by atoms with Crippen molar-refractivity contribution >= 4 is 6.09 Å². The summed E-state index contributed by atoms with van der Waals surface area (Å²) in [4.78, 5) is 13.4. The smallest absolute Gasteiger partial charge is 0.410 e. The highest BCUT2D eigenvalue weighted by Gasteiger charge is 2.23. The third kappa shape index (κ3) is 3.95. The molecular weight excluding hydrogens is 230 g/mol. The second kappa shape index (κ2) is 5.29. The lowest BCUT2D eigenvalue weighted by Gasteiger charge is -2.29. The van der Waals surface area contributed by atoms with Crippen molar-refractivity contribution in [2.24, 2.45) is 0 Å². The molecule has 0 saturated heterocycles. The van der Waals surface area contributed by atoms with Gasteiger partial charge in [-0.2, -0.15) is 0 Å². The van der Waals surface area contributed by atoms with Crippen LogP contribution in [0, 0.1) is 0 Å². The van der Waals surface area contributed by atoms with Crippen molar-refractivity contribution in [3.63, 3.8) is 0 Å². The lowest BCUT2D eigenvalue weighted by atomic mass is 10.1. The molecule has 0 aromatic heterocycles. The second-order valence-electron chi connectivity index (χ2n) is 5.36. The molecule has 0 saturated carbocycles. The topological polar surface area (TPSA) is 49.8 Å². The Bertz CT molecular complexity index is 423. The molecule has 1 rings (SSSR count). The van der Waals surface area contributed by atoms with Crippen LogP contribution in [0.4, 0.5) is 4.79 Å². The molecular formula is C14H21NO3. The van der Waals surface area contributed by atoms with E-state index in [0.29, 0.717) is 0 Å². The summed E-state index contributed by atoms with van der Waals surface area (Å²) in [5.74, 6) is 0.192. The van der Waals surface area contributed by atoms with Gasteiger partial charge in [0.1, 0.15) is 11.4 Å². The number of hydrogen-bond acceptors (Lipinski definition) is 3. The minimum atomic E-state index is -0.510. The molecule has 0 radical (unpaired) electrons. The summed E-state index contributed by atoms with van der Waals surface area (Å²) in [6.07, 6.45) is -0.377. The molecule has 18 heavy (non-hydrogen) atoms. The zero-order valence-corrected chi connectivity index (χ0v) is 11.6. The fraction of sp³-hybridized carbons (Fsp3) is 0.500. The van der Waals surface area contributed by atoms with Crippen LogP contribution in [0.15, 0.2) is 24.3 Å². The van der Waals surface area contributed by atoms with Crippen LogP contribution in [0.5, 0.6) is 5.75 Å². The van der Waals surface area contributed by atoms with Gasteiger partial charge in [0.2, 0.25) is 0 Å². The van der Waals surface area contributed by atoms with Crippen LogP contribution in [0.1, 0.15) is 39.3 Å². The summed E-state index contributed by atoms with van der Waals surface area (Å²) in [5.41, 5.74) is 0.354. The molecule has 1 aromatic rings. The Hall–Kier alpha value is -1.71. The SMILES string of the molecule is CC(c1cccc(O)c1)N(C)C(=O)OC(C)(C)C. The number of aromatic hydroxyl groups is 1.